The molecule has 0 bridgehead atoms. The van der Waals surface area contributed by atoms with Gasteiger partial charge < -0.3 is 5.32 Å². The predicted octanol–water partition coefficient (Wildman–Crippen LogP) is 4.07. The molecule has 0 amide bonds. The van der Waals surface area contributed by atoms with Crippen LogP contribution in [0.4, 0.5) is 4.39 Å². The number of hydrogen-bond donors (Lipinski definition) is 1. The second kappa shape index (κ2) is 7.70. The lowest BCUT2D eigenvalue weighted by atomic mass is 10.0. The van der Waals surface area contributed by atoms with Crippen molar-refractivity contribution in [2.24, 2.45) is 0 Å². The summed E-state index contributed by atoms with van der Waals surface area (Å²) in [5.74, 6) is -0.134. The van der Waals surface area contributed by atoms with Gasteiger partial charge >= 0.3 is 0 Å². The molecule has 1 atom stereocenters. The van der Waals surface area contributed by atoms with E-state index in [1.165, 1.54) is 4.88 Å². The average molecular weight is 392 g/mol. The molecule has 2 nitrogen and oxygen atoms in total. The monoisotopic (exact) mass is 390 g/mol. The second-order valence-corrected chi connectivity index (χ2v) is 6.76. The highest BCUT2D eigenvalue weighted by Gasteiger charge is 2.27. The zero-order chi connectivity index (χ0) is 13.9. The van der Waals surface area contributed by atoms with Gasteiger partial charge in [0.2, 0.25) is 0 Å². The molecule has 0 spiro atoms. The van der Waals surface area contributed by atoms with E-state index in [2.05, 4.69) is 37.6 Å². The predicted molar refractivity (Wildman–Crippen MR) is 92.0 cm³/mol. The number of piperazine rings is 1. The third-order valence-electron chi connectivity index (χ3n) is 3.58. The van der Waals surface area contributed by atoms with Crippen LogP contribution in [-0.2, 0) is 0 Å². The summed E-state index contributed by atoms with van der Waals surface area (Å²) in [7, 11) is 0. The Balaban J connectivity index is 0.00000161. The molecule has 3 rings (SSSR count). The zero-order valence-electron chi connectivity index (χ0n) is 11.4. The number of rotatable bonds is 3. The first-order chi connectivity index (χ1) is 9.75. The first-order valence-corrected chi connectivity index (χ1v) is 8.36. The van der Waals surface area contributed by atoms with Crippen molar-refractivity contribution in [3.63, 3.8) is 0 Å². The summed E-state index contributed by atoms with van der Waals surface area (Å²) in [6.45, 7) is 3.79. The van der Waals surface area contributed by atoms with Gasteiger partial charge in [0.1, 0.15) is 5.82 Å². The lowest BCUT2D eigenvalue weighted by Crippen LogP contribution is -2.45. The third-order valence-corrected chi connectivity index (χ3v) is 5.00. The zero-order valence-corrected chi connectivity index (χ0v) is 14.6. The molecule has 1 fully saturated rings. The summed E-state index contributed by atoms with van der Waals surface area (Å²) in [5, 5.41) is 5.41. The van der Waals surface area contributed by atoms with Crippen molar-refractivity contribution >= 4 is 39.7 Å². The maximum absolute atomic E-state index is 14.3. The van der Waals surface area contributed by atoms with E-state index in [1.807, 2.05) is 12.1 Å². The highest BCUT2D eigenvalue weighted by Crippen LogP contribution is 2.34. The SMILES string of the molecule is Cl.Fc1ccc(Br)cc1[C@H](c1cccs1)N1CCNCC1. The number of hydrogen-bond acceptors (Lipinski definition) is 3. The summed E-state index contributed by atoms with van der Waals surface area (Å²) in [6, 6.07) is 9.34. The maximum Gasteiger partial charge on any atom is 0.128 e. The fourth-order valence-corrected chi connectivity index (χ4v) is 3.90. The van der Waals surface area contributed by atoms with Gasteiger partial charge in [-0.15, -0.1) is 23.7 Å². The van der Waals surface area contributed by atoms with Crippen LogP contribution in [0.2, 0.25) is 0 Å². The fourth-order valence-electron chi connectivity index (χ4n) is 2.64. The molecule has 1 aromatic carbocycles. The average Bonchev–Trinajstić information content (AvgIpc) is 2.98. The lowest BCUT2D eigenvalue weighted by Gasteiger charge is -2.35. The van der Waals surface area contributed by atoms with Crippen molar-refractivity contribution in [1.82, 2.24) is 10.2 Å². The first-order valence-electron chi connectivity index (χ1n) is 6.69. The first kappa shape index (κ1) is 16.9. The molecule has 0 aliphatic carbocycles. The molecule has 1 aliphatic heterocycles. The molecule has 0 saturated carbocycles. The van der Waals surface area contributed by atoms with E-state index in [1.54, 1.807) is 23.5 Å². The molecule has 1 aromatic heterocycles. The van der Waals surface area contributed by atoms with E-state index in [4.69, 9.17) is 0 Å². The normalized spacial score (nSPS) is 17.2. The molecular formula is C15H17BrClFN2S. The quantitative estimate of drug-likeness (QED) is 0.848. The largest absolute Gasteiger partial charge is 0.314 e. The molecule has 1 N–H and O–H groups in total. The van der Waals surface area contributed by atoms with Crippen molar-refractivity contribution in [2.75, 3.05) is 26.2 Å². The summed E-state index contributed by atoms with van der Waals surface area (Å²) < 4.78 is 15.2. The molecule has 2 heterocycles. The molecule has 1 saturated heterocycles. The Kier molecular flexibility index (Phi) is 6.20. The summed E-state index contributed by atoms with van der Waals surface area (Å²) in [5.41, 5.74) is 0.753. The molecule has 1 aliphatic rings. The molecule has 114 valence electrons. The summed E-state index contributed by atoms with van der Waals surface area (Å²) in [6.07, 6.45) is 0. The topological polar surface area (TPSA) is 15.3 Å². The van der Waals surface area contributed by atoms with Gasteiger partial charge in [0.25, 0.3) is 0 Å². The van der Waals surface area contributed by atoms with Crippen LogP contribution in [0.25, 0.3) is 0 Å². The van der Waals surface area contributed by atoms with E-state index in [-0.39, 0.29) is 24.3 Å². The number of nitrogens with one attached hydrogen (secondary N) is 1. The van der Waals surface area contributed by atoms with E-state index in [0.29, 0.717) is 0 Å². The highest BCUT2D eigenvalue weighted by molar-refractivity contribution is 9.10. The van der Waals surface area contributed by atoms with Crippen LogP contribution in [0.1, 0.15) is 16.5 Å². The van der Waals surface area contributed by atoms with Crippen LogP contribution < -0.4 is 5.32 Å². The van der Waals surface area contributed by atoms with Crippen LogP contribution in [0.15, 0.2) is 40.2 Å². The van der Waals surface area contributed by atoms with E-state index in [0.717, 1.165) is 36.2 Å². The minimum Gasteiger partial charge on any atom is -0.314 e. The Bertz CT molecular complexity index is 573. The van der Waals surface area contributed by atoms with Crippen molar-refractivity contribution in [2.45, 2.75) is 6.04 Å². The minimum absolute atomic E-state index is 0. The molecule has 6 heteroatoms. The summed E-state index contributed by atoms with van der Waals surface area (Å²) in [4.78, 5) is 3.55. The Hall–Kier alpha value is -0.460. The maximum atomic E-state index is 14.3. The number of nitrogens with zero attached hydrogens (tertiary/aromatic N) is 1. The molecule has 0 unspecified atom stereocenters. The van der Waals surface area contributed by atoms with E-state index >= 15 is 0 Å². The van der Waals surface area contributed by atoms with Gasteiger partial charge in [0.15, 0.2) is 0 Å². The lowest BCUT2D eigenvalue weighted by molar-refractivity contribution is 0.197. The third kappa shape index (κ3) is 3.85. The Morgan fingerprint density at radius 2 is 2.00 bits per heavy atom. The number of halogens is 3. The summed E-state index contributed by atoms with van der Waals surface area (Å²) >= 11 is 5.15. The smallest absolute Gasteiger partial charge is 0.128 e. The standard InChI is InChI=1S/C15H16BrFN2S.ClH/c16-11-3-4-13(17)12(10-11)15(14-2-1-9-20-14)19-7-5-18-6-8-19;/h1-4,9-10,15,18H,5-8H2;1H/t15-;/m1./s1. The number of thiophene rings is 1. The van der Waals surface area contributed by atoms with Gasteiger partial charge in [-0.05, 0) is 29.6 Å². The van der Waals surface area contributed by atoms with Gasteiger partial charge in [-0.3, -0.25) is 4.90 Å². The van der Waals surface area contributed by atoms with Crippen LogP contribution in [0.5, 0.6) is 0 Å². The van der Waals surface area contributed by atoms with Crippen LogP contribution in [0, 0.1) is 5.82 Å². The second-order valence-electron chi connectivity index (χ2n) is 4.87. The van der Waals surface area contributed by atoms with Crippen molar-refractivity contribution in [3.8, 4) is 0 Å². The van der Waals surface area contributed by atoms with Crippen LogP contribution in [-0.4, -0.2) is 31.1 Å². The fraction of sp³-hybridized carbons (Fsp3) is 0.333. The van der Waals surface area contributed by atoms with Crippen LogP contribution >= 0.6 is 39.7 Å². The van der Waals surface area contributed by atoms with Gasteiger partial charge in [-0.1, -0.05) is 22.0 Å². The molecular weight excluding hydrogens is 375 g/mol. The van der Waals surface area contributed by atoms with Gasteiger partial charge in [0, 0.05) is 41.1 Å². The van der Waals surface area contributed by atoms with Gasteiger partial charge in [-0.2, -0.15) is 0 Å². The van der Waals surface area contributed by atoms with Crippen molar-refractivity contribution < 1.29 is 4.39 Å². The van der Waals surface area contributed by atoms with Crippen molar-refractivity contribution in [3.05, 3.63) is 56.4 Å². The Morgan fingerprint density at radius 3 is 2.67 bits per heavy atom. The highest BCUT2D eigenvalue weighted by atomic mass is 79.9. The Labute approximate surface area is 142 Å². The van der Waals surface area contributed by atoms with Gasteiger partial charge in [0.05, 0.1) is 6.04 Å². The van der Waals surface area contributed by atoms with Gasteiger partial charge in [-0.25, -0.2) is 4.39 Å². The Morgan fingerprint density at radius 1 is 1.24 bits per heavy atom. The van der Waals surface area contributed by atoms with E-state index in [9.17, 15) is 4.39 Å². The molecule has 0 radical (unpaired) electrons. The van der Waals surface area contributed by atoms with E-state index < -0.39 is 0 Å². The molecule has 2 aromatic rings. The number of benzene rings is 1. The minimum atomic E-state index is -0.134. The van der Waals surface area contributed by atoms with Crippen molar-refractivity contribution in [1.29, 1.82) is 0 Å². The molecule has 21 heavy (non-hydrogen) atoms. The van der Waals surface area contributed by atoms with Crippen LogP contribution in [0.3, 0.4) is 0 Å².